The van der Waals surface area contributed by atoms with Crippen LogP contribution in [0.2, 0.25) is 0 Å². The third-order valence-electron chi connectivity index (χ3n) is 5.25. The Hall–Kier alpha value is -3.02. The molecule has 134 valence electrons. The highest BCUT2D eigenvalue weighted by atomic mass is 16.5. The van der Waals surface area contributed by atoms with Gasteiger partial charge in [-0.3, -0.25) is 4.79 Å². The molecule has 1 fully saturated rings. The Kier molecular flexibility index (Phi) is 4.03. The summed E-state index contributed by atoms with van der Waals surface area (Å²) in [5.41, 5.74) is 1.80. The van der Waals surface area contributed by atoms with Crippen LogP contribution in [0.15, 0.2) is 48.5 Å². The molecule has 0 bridgehead atoms. The summed E-state index contributed by atoms with van der Waals surface area (Å²) in [6, 6.07) is 14.8. The molecule has 1 unspecified atom stereocenters. The zero-order chi connectivity index (χ0) is 18.1. The molecule has 2 heterocycles. The molecule has 6 heteroatoms. The maximum atomic E-state index is 12.8. The fourth-order valence-electron chi connectivity index (χ4n) is 3.95. The summed E-state index contributed by atoms with van der Waals surface area (Å²) in [6.07, 6.45) is 1.52. The molecule has 2 N–H and O–H groups in total. The molecule has 1 spiro atoms. The molecule has 4 rings (SSSR count). The molecule has 0 aromatic heterocycles. The number of anilines is 2. The van der Waals surface area contributed by atoms with E-state index in [4.69, 9.17) is 4.74 Å². The van der Waals surface area contributed by atoms with Gasteiger partial charge >= 0.3 is 6.03 Å². The maximum absolute atomic E-state index is 12.8. The Morgan fingerprint density at radius 2 is 1.96 bits per heavy atom. The summed E-state index contributed by atoms with van der Waals surface area (Å²) in [7, 11) is 1.57. The minimum atomic E-state index is -0.660. The minimum absolute atomic E-state index is 0.0199. The first-order valence-electron chi connectivity index (χ1n) is 8.74. The van der Waals surface area contributed by atoms with Crippen LogP contribution in [0.1, 0.15) is 18.4 Å². The average molecular weight is 351 g/mol. The number of benzene rings is 2. The van der Waals surface area contributed by atoms with Crippen LogP contribution < -0.4 is 15.4 Å². The monoisotopic (exact) mass is 351 g/mol. The van der Waals surface area contributed by atoms with Crippen LogP contribution in [0.5, 0.6) is 5.75 Å². The third-order valence-corrected chi connectivity index (χ3v) is 5.25. The molecule has 2 aromatic carbocycles. The second kappa shape index (κ2) is 6.37. The van der Waals surface area contributed by atoms with Gasteiger partial charge in [0.15, 0.2) is 0 Å². The Balaban J connectivity index is 1.58. The van der Waals surface area contributed by atoms with Gasteiger partial charge in [-0.25, -0.2) is 4.79 Å². The largest absolute Gasteiger partial charge is 0.495 e. The number of piperidine rings is 1. The van der Waals surface area contributed by atoms with Crippen LogP contribution in [0.4, 0.5) is 16.2 Å². The van der Waals surface area contributed by atoms with Crippen molar-refractivity contribution in [3.8, 4) is 5.75 Å². The highest BCUT2D eigenvalue weighted by Gasteiger charge is 2.49. The average Bonchev–Trinajstić information content (AvgIpc) is 2.94. The lowest BCUT2D eigenvalue weighted by molar-refractivity contribution is -0.122. The van der Waals surface area contributed by atoms with Crippen molar-refractivity contribution in [2.45, 2.75) is 18.3 Å². The van der Waals surface area contributed by atoms with Crippen LogP contribution >= 0.6 is 0 Å². The van der Waals surface area contributed by atoms with Crippen molar-refractivity contribution < 1.29 is 14.3 Å². The molecule has 0 saturated carbocycles. The molecule has 1 saturated heterocycles. The van der Waals surface area contributed by atoms with Gasteiger partial charge in [-0.15, -0.1) is 0 Å². The predicted octanol–water partition coefficient (Wildman–Crippen LogP) is 3.21. The second-order valence-corrected chi connectivity index (χ2v) is 6.74. The predicted molar refractivity (Wildman–Crippen MR) is 99.6 cm³/mol. The first-order valence-corrected chi connectivity index (χ1v) is 8.74. The van der Waals surface area contributed by atoms with Crippen LogP contribution in [0, 0.1) is 0 Å². The van der Waals surface area contributed by atoms with E-state index in [0.29, 0.717) is 24.5 Å². The lowest BCUT2D eigenvalue weighted by atomic mass is 9.75. The maximum Gasteiger partial charge on any atom is 0.321 e. The number of methoxy groups -OCH3 is 1. The van der Waals surface area contributed by atoms with E-state index in [2.05, 4.69) is 10.6 Å². The summed E-state index contributed by atoms with van der Waals surface area (Å²) >= 11 is 0. The zero-order valence-electron chi connectivity index (χ0n) is 14.6. The smallest absolute Gasteiger partial charge is 0.321 e. The van der Waals surface area contributed by atoms with Crippen molar-refractivity contribution in [2.75, 3.05) is 30.8 Å². The quantitative estimate of drug-likeness (QED) is 0.873. The number of ether oxygens (including phenoxy) is 1. The number of nitrogens with zero attached hydrogens (tertiary/aromatic N) is 1. The molecular formula is C20H21N3O3. The van der Waals surface area contributed by atoms with Gasteiger partial charge in [0, 0.05) is 18.8 Å². The number of carbonyl (C=O) groups excluding carboxylic acids is 2. The number of nitrogens with one attached hydrogen (secondary N) is 2. The molecule has 1 atom stereocenters. The number of amides is 3. The highest BCUT2D eigenvalue weighted by molar-refractivity contribution is 6.07. The van der Waals surface area contributed by atoms with E-state index < -0.39 is 5.41 Å². The van der Waals surface area contributed by atoms with Crippen LogP contribution in [0.25, 0.3) is 0 Å². The van der Waals surface area contributed by atoms with Crippen molar-refractivity contribution in [1.29, 1.82) is 0 Å². The first-order chi connectivity index (χ1) is 12.6. The molecule has 2 aliphatic heterocycles. The summed E-state index contributed by atoms with van der Waals surface area (Å²) in [6.45, 7) is 0.995. The Morgan fingerprint density at radius 3 is 2.81 bits per heavy atom. The summed E-state index contributed by atoms with van der Waals surface area (Å²) in [5.74, 6) is 0.588. The van der Waals surface area contributed by atoms with Gasteiger partial charge < -0.3 is 20.3 Å². The SMILES string of the molecule is COc1ccccc1NC(=O)N1CCCC2(C1)C(=O)Nc1ccccc12. The van der Waals surface area contributed by atoms with E-state index >= 15 is 0 Å². The van der Waals surface area contributed by atoms with Crippen molar-refractivity contribution in [3.63, 3.8) is 0 Å². The normalized spacial score (nSPS) is 21.3. The van der Waals surface area contributed by atoms with E-state index in [-0.39, 0.29) is 11.9 Å². The first kappa shape index (κ1) is 16.4. The van der Waals surface area contributed by atoms with E-state index in [0.717, 1.165) is 24.1 Å². The fraction of sp³-hybridized carbons (Fsp3) is 0.300. The number of hydrogen-bond acceptors (Lipinski definition) is 3. The summed E-state index contributed by atoms with van der Waals surface area (Å²) in [4.78, 5) is 27.3. The molecule has 2 aromatic rings. The lowest BCUT2D eigenvalue weighted by Crippen LogP contribution is -2.52. The number of likely N-dealkylation sites (tertiary alicyclic amines) is 1. The zero-order valence-corrected chi connectivity index (χ0v) is 14.6. The Bertz CT molecular complexity index is 867. The lowest BCUT2D eigenvalue weighted by Gasteiger charge is -2.39. The van der Waals surface area contributed by atoms with Crippen molar-refractivity contribution >= 4 is 23.3 Å². The van der Waals surface area contributed by atoms with E-state index in [1.807, 2.05) is 36.4 Å². The van der Waals surface area contributed by atoms with Gasteiger partial charge in [-0.1, -0.05) is 30.3 Å². The van der Waals surface area contributed by atoms with Gasteiger partial charge in [0.2, 0.25) is 5.91 Å². The van der Waals surface area contributed by atoms with Gasteiger partial charge in [0.05, 0.1) is 18.2 Å². The summed E-state index contributed by atoms with van der Waals surface area (Å²) < 4.78 is 5.29. The van der Waals surface area contributed by atoms with E-state index in [9.17, 15) is 9.59 Å². The molecule has 6 nitrogen and oxygen atoms in total. The minimum Gasteiger partial charge on any atom is -0.495 e. The summed E-state index contributed by atoms with van der Waals surface area (Å²) in [5, 5.41) is 5.87. The fourth-order valence-corrected chi connectivity index (χ4v) is 3.95. The number of urea groups is 1. The van der Waals surface area contributed by atoms with Gasteiger partial charge in [-0.2, -0.15) is 0 Å². The van der Waals surface area contributed by atoms with Crippen molar-refractivity contribution in [1.82, 2.24) is 4.90 Å². The van der Waals surface area contributed by atoms with Gasteiger partial charge in [0.25, 0.3) is 0 Å². The van der Waals surface area contributed by atoms with Crippen molar-refractivity contribution in [3.05, 3.63) is 54.1 Å². The standard InChI is InChI=1S/C20H21N3O3/c1-26-17-10-5-4-9-16(17)22-19(25)23-12-6-11-20(13-23)14-7-2-3-8-15(14)21-18(20)24/h2-5,7-10H,6,11-13H2,1H3,(H,21,24)(H,22,25). The van der Waals surface area contributed by atoms with E-state index in [1.54, 1.807) is 24.1 Å². The molecule has 3 amide bonds. The van der Waals surface area contributed by atoms with Crippen molar-refractivity contribution in [2.24, 2.45) is 0 Å². The highest BCUT2D eigenvalue weighted by Crippen LogP contribution is 2.43. The topological polar surface area (TPSA) is 70.7 Å². The Morgan fingerprint density at radius 1 is 1.19 bits per heavy atom. The molecule has 0 aliphatic carbocycles. The third kappa shape index (κ3) is 2.58. The Labute approximate surface area is 152 Å². The number of para-hydroxylation sites is 3. The number of fused-ring (bicyclic) bond motifs is 2. The number of carbonyl (C=O) groups is 2. The van der Waals surface area contributed by atoms with E-state index in [1.165, 1.54) is 0 Å². The number of rotatable bonds is 2. The van der Waals surface area contributed by atoms with Crippen LogP contribution in [0.3, 0.4) is 0 Å². The second-order valence-electron chi connectivity index (χ2n) is 6.74. The van der Waals surface area contributed by atoms with Crippen LogP contribution in [-0.2, 0) is 10.2 Å². The molecule has 2 aliphatic rings. The number of hydrogen-bond donors (Lipinski definition) is 2. The molecular weight excluding hydrogens is 330 g/mol. The molecule has 26 heavy (non-hydrogen) atoms. The molecule has 0 radical (unpaired) electrons. The van der Waals surface area contributed by atoms with Gasteiger partial charge in [-0.05, 0) is 36.6 Å². The van der Waals surface area contributed by atoms with Gasteiger partial charge in [0.1, 0.15) is 5.75 Å². The van der Waals surface area contributed by atoms with Crippen LogP contribution in [-0.4, -0.2) is 37.0 Å².